The zero-order valence-corrected chi connectivity index (χ0v) is 22.0. The minimum Gasteiger partial charge on any atom is -0.493 e. The molecule has 2 aliphatic heterocycles. The number of thiazole rings is 1. The second-order valence-corrected chi connectivity index (χ2v) is 11.6. The normalized spacial score (nSPS) is 23.2. The predicted molar refractivity (Wildman–Crippen MR) is 135 cm³/mol. The lowest BCUT2D eigenvalue weighted by Gasteiger charge is -2.46. The highest BCUT2D eigenvalue weighted by Crippen LogP contribution is 2.45. The summed E-state index contributed by atoms with van der Waals surface area (Å²) in [6.45, 7) is 5.58. The minimum absolute atomic E-state index is 0.0329. The third-order valence-electron chi connectivity index (χ3n) is 6.68. The highest BCUT2D eigenvalue weighted by atomic mass is 32.2. The molecular weight excluding hydrogens is 549 g/mol. The summed E-state index contributed by atoms with van der Waals surface area (Å²) in [5.41, 5.74) is 0.616. The van der Waals surface area contributed by atoms with Crippen LogP contribution in [0.25, 0.3) is 0 Å². The third-order valence-corrected chi connectivity index (χ3v) is 8.85. The van der Waals surface area contributed by atoms with E-state index in [-0.39, 0.29) is 42.4 Å². The first kappa shape index (κ1) is 28.2. The van der Waals surface area contributed by atoms with Crippen molar-refractivity contribution in [2.24, 2.45) is 5.92 Å². The maximum Gasteiger partial charge on any atom is 0.391 e. The Morgan fingerprint density at radius 2 is 2.05 bits per heavy atom. The van der Waals surface area contributed by atoms with E-state index < -0.39 is 50.7 Å². The van der Waals surface area contributed by atoms with E-state index in [0.29, 0.717) is 12.0 Å². The Kier molecular flexibility index (Phi) is 8.29. The van der Waals surface area contributed by atoms with Crippen molar-refractivity contribution in [1.29, 1.82) is 0 Å². The number of alkyl halides is 3. The van der Waals surface area contributed by atoms with Crippen LogP contribution in [0.15, 0.2) is 64.8 Å². The number of piperidine rings is 1. The van der Waals surface area contributed by atoms with Crippen LogP contribution in [-0.2, 0) is 10.0 Å². The summed E-state index contributed by atoms with van der Waals surface area (Å²) in [5, 5.41) is 1.63. The maximum atomic E-state index is 15.2. The van der Waals surface area contributed by atoms with Crippen LogP contribution in [0.4, 0.5) is 27.1 Å². The number of allylic oxidation sites excluding steroid dienone is 3. The Balaban J connectivity index is 1.68. The Morgan fingerprint density at radius 3 is 2.71 bits per heavy atom. The lowest BCUT2D eigenvalue weighted by molar-refractivity contribution is -0.190. The summed E-state index contributed by atoms with van der Waals surface area (Å²) in [5.74, 6) is -3.03. The van der Waals surface area contributed by atoms with Crippen LogP contribution in [0.3, 0.4) is 0 Å². The van der Waals surface area contributed by atoms with Gasteiger partial charge >= 0.3 is 6.18 Å². The van der Waals surface area contributed by atoms with Crippen LogP contribution in [0.2, 0.25) is 0 Å². The molecule has 2 aromatic rings. The molecule has 0 spiro atoms. The van der Waals surface area contributed by atoms with Gasteiger partial charge in [0, 0.05) is 41.7 Å². The molecule has 2 aliphatic rings. The Hall–Kier alpha value is -2.77. The average molecular weight is 576 g/mol. The second-order valence-electron chi connectivity index (χ2n) is 9.01. The van der Waals surface area contributed by atoms with Crippen molar-refractivity contribution in [3.8, 4) is 5.75 Å². The van der Waals surface area contributed by atoms with Crippen LogP contribution >= 0.6 is 11.3 Å². The second kappa shape index (κ2) is 11.1. The van der Waals surface area contributed by atoms with E-state index in [1.165, 1.54) is 25.3 Å². The highest BCUT2D eigenvalue weighted by molar-refractivity contribution is 7.93. The van der Waals surface area contributed by atoms with Crippen molar-refractivity contribution in [3.63, 3.8) is 0 Å². The van der Waals surface area contributed by atoms with Crippen molar-refractivity contribution >= 4 is 26.5 Å². The number of halogens is 5. The van der Waals surface area contributed by atoms with Crippen molar-refractivity contribution in [2.75, 3.05) is 17.9 Å². The first-order valence-corrected chi connectivity index (χ1v) is 14.2. The zero-order valence-electron chi connectivity index (χ0n) is 20.3. The molecule has 3 atom stereocenters. The molecule has 0 amide bonds. The van der Waals surface area contributed by atoms with E-state index in [1.807, 2.05) is 0 Å². The lowest BCUT2D eigenvalue weighted by atomic mass is 9.84. The molecule has 206 valence electrons. The van der Waals surface area contributed by atoms with Gasteiger partial charge < -0.3 is 4.74 Å². The Bertz CT molecular complexity index is 1340. The molecule has 38 heavy (non-hydrogen) atoms. The quantitative estimate of drug-likeness (QED) is 0.300. The summed E-state index contributed by atoms with van der Waals surface area (Å²) in [6, 6.07) is 0.777. The van der Waals surface area contributed by atoms with E-state index in [1.54, 1.807) is 10.3 Å². The molecule has 1 aromatic heterocycles. The van der Waals surface area contributed by atoms with Crippen LogP contribution in [0.5, 0.6) is 5.75 Å². The lowest BCUT2D eigenvalue weighted by Crippen LogP contribution is -2.49. The molecule has 0 saturated carbocycles. The molecule has 1 aromatic carbocycles. The Morgan fingerprint density at radius 1 is 1.29 bits per heavy atom. The van der Waals surface area contributed by atoms with E-state index in [4.69, 9.17) is 4.74 Å². The average Bonchev–Trinajstić information content (AvgIpc) is 3.37. The van der Waals surface area contributed by atoms with Gasteiger partial charge in [-0.2, -0.15) is 13.2 Å². The van der Waals surface area contributed by atoms with Gasteiger partial charge in [-0.3, -0.25) is 9.62 Å². The van der Waals surface area contributed by atoms with E-state index >= 15 is 4.39 Å². The number of anilines is 1. The van der Waals surface area contributed by atoms with E-state index in [9.17, 15) is 26.0 Å². The first-order valence-electron chi connectivity index (χ1n) is 11.8. The number of benzene rings is 1. The van der Waals surface area contributed by atoms with Crippen molar-refractivity contribution < 1.29 is 35.1 Å². The fourth-order valence-corrected chi connectivity index (χ4v) is 6.64. The largest absolute Gasteiger partial charge is 0.493 e. The van der Waals surface area contributed by atoms with Gasteiger partial charge in [0.2, 0.25) is 0 Å². The fourth-order valence-electron chi connectivity index (χ4n) is 4.78. The summed E-state index contributed by atoms with van der Waals surface area (Å²) in [4.78, 5) is 5.01. The number of rotatable bonds is 7. The van der Waals surface area contributed by atoms with E-state index in [0.717, 1.165) is 29.5 Å². The van der Waals surface area contributed by atoms with Crippen LogP contribution in [0.1, 0.15) is 37.8 Å². The van der Waals surface area contributed by atoms with Crippen LogP contribution < -0.4 is 9.46 Å². The molecule has 0 unspecified atom stereocenters. The van der Waals surface area contributed by atoms with Gasteiger partial charge in [-0.1, -0.05) is 18.7 Å². The molecule has 6 nitrogen and oxygen atoms in total. The molecule has 4 rings (SSSR count). The number of likely N-dealkylation sites (tertiary alicyclic amines) is 1. The number of hydrogen-bond acceptors (Lipinski definition) is 6. The van der Waals surface area contributed by atoms with Gasteiger partial charge in [0.25, 0.3) is 10.0 Å². The van der Waals surface area contributed by atoms with Gasteiger partial charge in [-0.15, -0.1) is 11.3 Å². The molecule has 0 aliphatic carbocycles. The molecule has 3 heterocycles. The van der Waals surface area contributed by atoms with Gasteiger partial charge in [0.15, 0.2) is 5.13 Å². The fraction of sp³-hybridized carbons (Fsp3) is 0.400. The SMILES string of the molecule is C=C(/C=C\C(F)=C/C)[C@H]1C[C@@H](C(F)(F)F)CCN1[C@@H]1CCOc2cc(S(=O)(=O)Nc3nccs3)c(F)cc21. The molecule has 1 saturated heterocycles. The number of aromatic nitrogens is 1. The molecule has 1 N–H and O–H groups in total. The number of ether oxygens (including phenoxy) is 1. The molecule has 0 radical (unpaired) electrons. The van der Waals surface area contributed by atoms with Gasteiger partial charge in [-0.05, 0) is 44.0 Å². The van der Waals surface area contributed by atoms with Crippen LogP contribution in [0, 0.1) is 11.7 Å². The topological polar surface area (TPSA) is 71.5 Å². The highest BCUT2D eigenvalue weighted by Gasteiger charge is 2.46. The first-order chi connectivity index (χ1) is 17.9. The predicted octanol–water partition coefficient (Wildman–Crippen LogP) is 6.54. The number of fused-ring (bicyclic) bond motifs is 1. The van der Waals surface area contributed by atoms with Gasteiger partial charge in [0.1, 0.15) is 22.3 Å². The zero-order chi connectivity index (χ0) is 27.7. The summed E-state index contributed by atoms with van der Waals surface area (Å²) >= 11 is 1.03. The Labute approximate surface area is 221 Å². The maximum absolute atomic E-state index is 15.2. The summed E-state index contributed by atoms with van der Waals surface area (Å²) in [7, 11) is -4.32. The molecule has 13 heteroatoms. The van der Waals surface area contributed by atoms with E-state index in [2.05, 4.69) is 16.3 Å². The molecule has 0 bridgehead atoms. The van der Waals surface area contributed by atoms with Crippen molar-refractivity contribution in [1.82, 2.24) is 9.88 Å². The summed E-state index contributed by atoms with van der Waals surface area (Å²) in [6.07, 6.45) is 0.582. The number of sulfonamides is 1. The minimum atomic E-state index is -4.41. The molecule has 1 fully saturated rings. The number of nitrogens with zero attached hydrogens (tertiary/aromatic N) is 2. The van der Waals surface area contributed by atoms with Crippen molar-refractivity contribution in [2.45, 2.75) is 49.3 Å². The van der Waals surface area contributed by atoms with Gasteiger partial charge in [-0.25, -0.2) is 22.2 Å². The summed E-state index contributed by atoms with van der Waals surface area (Å²) < 4.78 is 103. The molecular formula is C25H26F5N3O3S2. The standard InChI is InChI=1S/C25H26F5N3O3S2/c1-3-17(26)5-4-15(2)21-12-16(25(28,29)30)6-9-33(21)20-7-10-36-22-14-23(19(27)13-18(20)22)38(34,35)32-24-31-8-11-37-24/h3-5,8,11,13-14,16,20-21H,2,6-7,9-10,12H2,1H3,(H,31,32)/b5-4-,17-3+/t16-,20+,21+/m0/s1. The van der Waals surface area contributed by atoms with Gasteiger partial charge in [0.05, 0.1) is 12.5 Å². The third kappa shape index (κ3) is 6.10. The van der Waals surface area contributed by atoms with Crippen LogP contribution in [-0.4, -0.2) is 43.7 Å². The van der Waals surface area contributed by atoms with Crippen molar-refractivity contribution in [3.05, 3.63) is 71.3 Å². The number of hydrogen-bond donors (Lipinski definition) is 1. The monoisotopic (exact) mass is 575 g/mol. The smallest absolute Gasteiger partial charge is 0.391 e. The number of nitrogens with one attached hydrogen (secondary N) is 1.